The van der Waals surface area contributed by atoms with Gasteiger partial charge >= 0.3 is 6.18 Å². The van der Waals surface area contributed by atoms with E-state index in [0.29, 0.717) is 6.54 Å². The number of nitrogens with zero attached hydrogens (tertiary/aromatic N) is 2. The Hall–Kier alpha value is -1.02. The summed E-state index contributed by atoms with van der Waals surface area (Å²) < 4.78 is 36.2. The van der Waals surface area contributed by atoms with E-state index in [-0.39, 0.29) is 24.4 Å². The summed E-state index contributed by atoms with van der Waals surface area (Å²) in [6, 6.07) is 2.60. The molecule has 94 valence electrons. The predicted octanol–water partition coefficient (Wildman–Crippen LogP) is 2.87. The molecule has 0 aromatic carbocycles. The molecule has 0 aromatic heterocycles. The lowest BCUT2D eigenvalue weighted by Gasteiger charge is -2.37. The second kappa shape index (κ2) is 4.69. The number of fused-ring (bicyclic) bond motifs is 2. The van der Waals surface area contributed by atoms with Gasteiger partial charge in [0.25, 0.3) is 0 Å². The summed E-state index contributed by atoms with van der Waals surface area (Å²) >= 11 is 0. The first-order valence-corrected chi connectivity index (χ1v) is 5.90. The number of hydrogen-bond acceptors (Lipinski definition) is 2. The number of alkyl halides is 3. The van der Waals surface area contributed by atoms with Gasteiger partial charge in [0.1, 0.15) is 0 Å². The summed E-state index contributed by atoms with van der Waals surface area (Å²) in [4.78, 5) is 2.10. The van der Waals surface area contributed by atoms with Crippen molar-refractivity contribution < 1.29 is 13.2 Å². The van der Waals surface area contributed by atoms with Gasteiger partial charge in [-0.15, -0.1) is 0 Å². The minimum absolute atomic E-state index is 0.0545. The van der Waals surface area contributed by atoms with Crippen LogP contribution in [0.3, 0.4) is 0 Å². The zero-order valence-electron chi connectivity index (χ0n) is 9.45. The molecule has 5 heteroatoms. The third kappa shape index (κ3) is 3.01. The first kappa shape index (κ1) is 12.4. The van der Waals surface area contributed by atoms with E-state index in [0.717, 1.165) is 12.8 Å². The number of rotatable bonds is 3. The minimum Gasteiger partial charge on any atom is -0.290 e. The lowest BCUT2D eigenvalue weighted by atomic mass is 9.91. The first-order valence-electron chi connectivity index (χ1n) is 5.90. The fourth-order valence-corrected chi connectivity index (χ4v) is 2.73. The molecule has 2 rings (SSSR count). The molecule has 2 aliphatic rings. The van der Waals surface area contributed by atoms with E-state index < -0.39 is 12.6 Å². The molecule has 2 aliphatic heterocycles. The van der Waals surface area contributed by atoms with E-state index in [9.17, 15) is 13.2 Å². The maximum Gasteiger partial charge on any atom is 0.389 e. The standard InChI is InChI=1S/C12H15F3N2/c13-12(14,15)4-1-5-17-10-2-3-11(17)7-9(6-10)8-16/h2-3,9-11H,1,4-7H2. The van der Waals surface area contributed by atoms with Gasteiger partial charge in [-0.05, 0) is 25.8 Å². The highest BCUT2D eigenvalue weighted by Gasteiger charge is 2.37. The highest BCUT2D eigenvalue weighted by molar-refractivity contribution is 5.16. The van der Waals surface area contributed by atoms with Crippen molar-refractivity contribution in [3.05, 3.63) is 12.2 Å². The third-order valence-corrected chi connectivity index (χ3v) is 3.52. The van der Waals surface area contributed by atoms with Crippen molar-refractivity contribution in [2.24, 2.45) is 5.92 Å². The molecule has 0 aromatic rings. The fourth-order valence-electron chi connectivity index (χ4n) is 2.73. The first-order chi connectivity index (χ1) is 7.99. The smallest absolute Gasteiger partial charge is 0.290 e. The van der Waals surface area contributed by atoms with Gasteiger partial charge in [0, 0.05) is 24.4 Å². The summed E-state index contributed by atoms with van der Waals surface area (Å²) in [5.74, 6) is 0.0545. The van der Waals surface area contributed by atoms with Crippen molar-refractivity contribution in [2.75, 3.05) is 6.54 Å². The van der Waals surface area contributed by atoms with Crippen LogP contribution in [0.1, 0.15) is 25.7 Å². The second-order valence-electron chi connectivity index (χ2n) is 4.77. The van der Waals surface area contributed by atoms with Gasteiger partial charge in [-0.3, -0.25) is 4.90 Å². The lowest BCUT2D eigenvalue weighted by molar-refractivity contribution is -0.136. The van der Waals surface area contributed by atoms with E-state index in [1.54, 1.807) is 0 Å². The molecule has 0 saturated carbocycles. The largest absolute Gasteiger partial charge is 0.389 e. The van der Waals surface area contributed by atoms with Crippen molar-refractivity contribution >= 4 is 0 Å². The maximum absolute atomic E-state index is 12.1. The Balaban J connectivity index is 1.83. The maximum atomic E-state index is 12.1. The Morgan fingerprint density at radius 2 is 1.82 bits per heavy atom. The van der Waals surface area contributed by atoms with Crippen LogP contribution in [0.4, 0.5) is 13.2 Å². The van der Waals surface area contributed by atoms with Gasteiger partial charge in [-0.25, -0.2) is 0 Å². The van der Waals surface area contributed by atoms with Crippen LogP contribution >= 0.6 is 0 Å². The van der Waals surface area contributed by atoms with Crippen molar-refractivity contribution in [1.82, 2.24) is 4.90 Å². The average Bonchev–Trinajstić information content (AvgIpc) is 2.49. The van der Waals surface area contributed by atoms with Crippen molar-refractivity contribution in [3.63, 3.8) is 0 Å². The van der Waals surface area contributed by atoms with E-state index in [1.807, 2.05) is 12.2 Å². The van der Waals surface area contributed by atoms with Gasteiger partial charge in [0.2, 0.25) is 0 Å². The Morgan fingerprint density at radius 3 is 2.29 bits per heavy atom. The Labute approximate surface area is 98.7 Å². The molecule has 2 unspecified atom stereocenters. The van der Waals surface area contributed by atoms with Gasteiger partial charge < -0.3 is 0 Å². The molecule has 0 amide bonds. The van der Waals surface area contributed by atoms with Crippen LogP contribution in [0.5, 0.6) is 0 Å². The molecule has 1 fully saturated rings. The topological polar surface area (TPSA) is 27.0 Å². The molecule has 1 saturated heterocycles. The molecule has 2 atom stereocenters. The van der Waals surface area contributed by atoms with Crippen molar-refractivity contribution in [1.29, 1.82) is 5.26 Å². The number of piperidine rings is 1. The Bertz CT molecular complexity index is 327. The van der Waals surface area contributed by atoms with E-state index in [4.69, 9.17) is 5.26 Å². The minimum atomic E-state index is -4.06. The second-order valence-corrected chi connectivity index (χ2v) is 4.77. The lowest BCUT2D eigenvalue weighted by Crippen LogP contribution is -2.44. The summed E-state index contributed by atoms with van der Waals surface area (Å²) in [5, 5.41) is 8.88. The molecule has 2 bridgehead atoms. The van der Waals surface area contributed by atoms with Crippen LogP contribution in [-0.2, 0) is 0 Å². The van der Waals surface area contributed by atoms with Crippen LogP contribution in [-0.4, -0.2) is 29.7 Å². The molecule has 0 N–H and O–H groups in total. The molecule has 2 nitrogen and oxygen atoms in total. The number of nitriles is 1. The molecule has 0 radical (unpaired) electrons. The summed E-state index contributed by atoms with van der Waals surface area (Å²) in [5.41, 5.74) is 0. The summed E-state index contributed by atoms with van der Waals surface area (Å²) in [6.45, 7) is 0.472. The summed E-state index contributed by atoms with van der Waals surface area (Å²) in [6.07, 6.45) is 0.966. The van der Waals surface area contributed by atoms with E-state index in [1.165, 1.54) is 0 Å². The molecule has 0 aliphatic carbocycles. The van der Waals surface area contributed by atoms with Crippen LogP contribution in [0.15, 0.2) is 12.2 Å². The number of hydrogen-bond donors (Lipinski definition) is 0. The zero-order valence-corrected chi connectivity index (χ0v) is 9.45. The number of halogens is 3. The Morgan fingerprint density at radius 1 is 1.24 bits per heavy atom. The molecule has 17 heavy (non-hydrogen) atoms. The van der Waals surface area contributed by atoms with E-state index >= 15 is 0 Å². The average molecular weight is 244 g/mol. The molecule has 0 spiro atoms. The molecular weight excluding hydrogens is 229 g/mol. The molecular formula is C12H15F3N2. The van der Waals surface area contributed by atoms with Crippen molar-refractivity contribution in [2.45, 2.75) is 43.9 Å². The van der Waals surface area contributed by atoms with Gasteiger partial charge in [0.05, 0.1) is 6.07 Å². The fraction of sp³-hybridized carbons (Fsp3) is 0.750. The monoisotopic (exact) mass is 244 g/mol. The predicted molar refractivity (Wildman–Crippen MR) is 57.0 cm³/mol. The quantitative estimate of drug-likeness (QED) is 0.714. The molecule has 2 heterocycles. The van der Waals surface area contributed by atoms with E-state index in [2.05, 4.69) is 11.0 Å². The van der Waals surface area contributed by atoms with Gasteiger partial charge in [-0.1, -0.05) is 12.2 Å². The van der Waals surface area contributed by atoms with Gasteiger partial charge in [-0.2, -0.15) is 18.4 Å². The van der Waals surface area contributed by atoms with Crippen LogP contribution in [0.2, 0.25) is 0 Å². The summed E-state index contributed by atoms with van der Waals surface area (Å²) in [7, 11) is 0. The normalized spacial score (nSPS) is 32.7. The van der Waals surface area contributed by atoms with Crippen LogP contribution < -0.4 is 0 Å². The van der Waals surface area contributed by atoms with Crippen LogP contribution in [0, 0.1) is 17.2 Å². The SMILES string of the molecule is N#CC1CC2C=CC(C1)N2CCCC(F)(F)F. The highest BCUT2D eigenvalue weighted by Crippen LogP contribution is 2.34. The Kier molecular flexibility index (Phi) is 3.43. The highest BCUT2D eigenvalue weighted by atomic mass is 19.4. The third-order valence-electron chi connectivity index (χ3n) is 3.52. The van der Waals surface area contributed by atoms with Crippen LogP contribution in [0.25, 0.3) is 0 Å². The zero-order chi connectivity index (χ0) is 12.5. The van der Waals surface area contributed by atoms with Crippen molar-refractivity contribution in [3.8, 4) is 6.07 Å². The van der Waals surface area contributed by atoms with Gasteiger partial charge in [0.15, 0.2) is 0 Å².